The summed E-state index contributed by atoms with van der Waals surface area (Å²) in [5, 5.41) is 4.22. The fourth-order valence-electron chi connectivity index (χ4n) is 2.09. The average Bonchev–Trinajstić information content (AvgIpc) is 3.06. The highest BCUT2D eigenvalue weighted by atomic mass is 35.5. The average molecular weight is 338 g/mol. The van der Waals surface area contributed by atoms with E-state index in [4.69, 9.17) is 16.0 Å². The van der Waals surface area contributed by atoms with Gasteiger partial charge in [0.15, 0.2) is 11.7 Å². The smallest absolute Gasteiger partial charge is 0.284 e. The molecule has 22 heavy (non-hydrogen) atoms. The topological polar surface area (TPSA) is 78.0 Å². The van der Waals surface area contributed by atoms with Crippen LogP contribution in [0.2, 0.25) is 5.02 Å². The van der Waals surface area contributed by atoms with E-state index >= 15 is 0 Å². The van der Waals surface area contributed by atoms with Gasteiger partial charge in [-0.1, -0.05) is 23.7 Å². The zero-order chi connectivity index (χ0) is 15.9. The Morgan fingerprint density at radius 1 is 1.18 bits per heavy atom. The van der Waals surface area contributed by atoms with E-state index in [2.05, 4.69) is 10.1 Å². The first-order valence-corrected chi connectivity index (χ1v) is 8.21. The van der Waals surface area contributed by atoms with Gasteiger partial charge in [0.25, 0.3) is 10.0 Å². The third-order valence-corrected chi connectivity index (χ3v) is 5.11. The largest absolute Gasteiger partial charge is 0.439 e. The number of hydrogen-bond acceptors (Lipinski definition) is 5. The van der Waals surface area contributed by atoms with Crippen LogP contribution < -0.4 is 0 Å². The number of hydrogen-bond donors (Lipinski definition) is 0. The second-order valence-electron chi connectivity index (χ2n) is 4.66. The van der Waals surface area contributed by atoms with Crippen LogP contribution in [0.4, 0.5) is 0 Å². The molecule has 0 aliphatic heterocycles. The van der Waals surface area contributed by atoms with E-state index in [0.717, 1.165) is 4.09 Å². The lowest BCUT2D eigenvalue weighted by atomic mass is 10.3. The minimum absolute atomic E-state index is 0.00297. The summed E-state index contributed by atoms with van der Waals surface area (Å²) in [4.78, 5) is 4.14. The summed E-state index contributed by atoms with van der Waals surface area (Å²) in [6, 6.07) is 7.77. The van der Waals surface area contributed by atoms with Crippen molar-refractivity contribution in [2.24, 2.45) is 0 Å². The van der Waals surface area contributed by atoms with Gasteiger partial charge in [0, 0.05) is 13.1 Å². The Kier molecular flexibility index (Phi) is 3.54. The van der Waals surface area contributed by atoms with Crippen molar-refractivity contribution < 1.29 is 12.8 Å². The molecule has 3 rings (SSSR count). The van der Waals surface area contributed by atoms with Crippen LogP contribution in [0.3, 0.4) is 0 Å². The summed E-state index contributed by atoms with van der Waals surface area (Å²) >= 11 is 5.96. The fraction of sp³-hybridized carbons (Fsp3) is 0.143. The molecule has 0 saturated heterocycles. The van der Waals surface area contributed by atoms with Gasteiger partial charge in [-0.3, -0.25) is 0 Å². The molecule has 8 heteroatoms. The maximum absolute atomic E-state index is 12.6. The highest BCUT2D eigenvalue weighted by Crippen LogP contribution is 2.26. The second-order valence-corrected chi connectivity index (χ2v) is 6.83. The van der Waals surface area contributed by atoms with Crippen molar-refractivity contribution in [1.29, 1.82) is 0 Å². The van der Waals surface area contributed by atoms with E-state index in [0.29, 0.717) is 23.0 Å². The lowest BCUT2D eigenvalue weighted by Crippen LogP contribution is -2.14. The van der Waals surface area contributed by atoms with Gasteiger partial charge in [0.2, 0.25) is 0 Å². The minimum Gasteiger partial charge on any atom is -0.439 e. The Morgan fingerprint density at radius 3 is 2.55 bits per heavy atom. The molecule has 6 nitrogen and oxygen atoms in total. The summed E-state index contributed by atoms with van der Waals surface area (Å²) in [6.45, 7) is 3.49. The van der Waals surface area contributed by atoms with Crippen molar-refractivity contribution in [3.63, 3.8) is 0 Å². The second kappa shape index (κ2) is 5.26. The molecule has 0 aliphatic rings. The van der Waals surface area contributed by atoms with E-state index < -0.39 is 10.0 Å². The molecule has 2 aromatic heterocycles. The van der Waals surface area contributed by atoms with Gasteiger partial charge in [-0.2, -0.15) is 17.6 Å². The number of nitrogens with zero attached hydrogens (tertiary/aromatic N) is 3. The lowest BCUT2D eigenvalue weighted by molar-refractivity contribution is 0.531. The van der Waals surface area contributed by atoms with Crippen LogP contribution in [-0.4, -0.2) is 22.6 Å². The molecule has 0 spiro atoms. The van der Waals surface area contributed by atoms with Crippen LogP contribution in [0.25, 0.3) is 11.5 Å². The van der Waals surface area contributed by atoms with Crippen molar-refractivity contribution in [3.05, 3.63) is 53.1 Å². The predicted molar refractivity (Wildman–Crippen MR) is 81.2 cm³/mol. The van der Waals surface area contributed by atoms with E-state index in [1.807, 2.05) is 0 Å². The zero-order valence-electron chi connectivity index (χ0n) is 11.8. The predicted octanol–water partition coefficient (Wildman–Crippen LogP) is 3.05. The number of aromatic nitrogens is 3. The first kappa shape index (κ1) is 14.8. The van der Waals surface area contributed by atoms with Crippen LogP contribution in [0.1, 0.15) is 11.6 Å². The highest BCUT2D eigenvalue weighted by Gasteiger charge is 2.22. The molecule has 114 valence electrons. The van der Waals surface area contributed by atoms with Gasteiger partial charge >= 0.3 is 0 Å². The third kappa shape index (κ3) is 2.42. The highest BCUT2D eigenvalue weighted by molar-refractivity contribution is 7.90. The van der Waals surface area contributed by atoms with Crippen molar-refractivity contribution in [2.45, 2.75) is 18.7 Å². The SMILES string of the molecule is Cc1nc(C)c(-c2ccn(S(=O)(=O)c3ccccc3Cl)n2)o1. The zero-order valence-corrected chi connectivity index (χ0v) is 13.4. The third-order valence-electron chi connectivity index (χ3n) is 3.06. The van der Waals surface area contributed by atoms with Crippen molar-refractivity contribution in [2.75, 3.05) is 0 Å². The summed E-state index contributed by atoms with van der Waals surface area (Å²) < 4.78 is 31.4. The van der Waals surface area contributed by atoms with E-state index in [1.165, 1.54) is 18.3 Å². The Morgan fingerprint density at radius 2 is 1.91 bits per heavy atom. The summed E-state index contributed by atoms with van der Waals surface area (Å²) in [5.41, 5.74) is 1.05. The molecule has 0 bridgehead atoms. The fourth-order valence-corrected chi connectivity index (χ4v) is 3.70. The summed E-state index contributed by atoms with van der Waals surface area (Å²) in [5.74, 6) is 0.946. The number of oxazole rings is 1. The normalized spacial score (nSPS) is 11.8. The van der Waals surface area contributed by atoms with Crippen molar-refractivity contribution >= 4 is 21.6 Å². The molecule has 1 aromatic carbocycles. The molecule has 0 saturated carbocycles. The molecule has 0 N–H and O–H groups in total. The van der Waals surface area contributed by atoms with E-state index in [-0.39, 0.29) is 9.92 Å². The Bertz CT molecular complexity index is 944. The van der Waals surface area contributed by atoms with Gasteiger partial charge in [-0.15, -0.1) is 0 Å². The molecule has 3 aromatic rings. The van der Waals surface area contributed by atoms with Gasteiger partial charge < -0.3 is 4.42 Å². The monoisotopic (exact) mass is 337 g/mol. The maximum atomic E-state index is 12.6. The van der Waals surface area contributed by atoms with Crippen molar-refractivity contribution in [1.82, 2.24) is 14.2 Å². The standard InChI is InChI=1S/C14H12ClN3O3S/c1-9-14(21-10(2)16-9)12-7-8-18(17-12)22(19,20)13-6-4-3-5-11(13)15/h3-8H,1-2H3. The van der Waals surface area contributed by atoms with Gasteiger partial charge in [-0.25, -0.2) is 4.98 Å². The molecular formula is C14H12ClN3O3S. The summed E-state index contributed by atoms with van der Waals surface area (Å²) in [7, 11) is -3.85. The number of rotatable bonds is 3. The van der Waals surface area contributed by atoms with Crippen LogP contribution in [-0.2, 0) is 10.0 Å². The quantitative estimate of drug-likeness (QED) is 0.734. The minimum atomic E-state index is -3.85. The molecule has 0 amide bonds. The summed E-state index contributed by atoms with van der Waals surface area (Å²) in [6.07, 6.45) is 1.35. The number of halogens is 1. The van der Waals surface area contributed by atoms with Gasteiger partial charge in [0.1, 0.15) is 10.6 Å². The van der Waals surface area contributed by atoms with Crippen LogP contribution in [0.15, 0.2) is 45.8 Å². The van der Waals surface area contributed by atoms with Crippen LogP contribution in [0.5, 0.6) is 0 Å². The van der Waals surface area contributed by atoms with Crippen LogP contribution in [0, 0.1) is 13.8 Å². The first-order chi connectivity index (χ1) is 10.4. The van der Waals surface area contributed by atoms with E-state index in [9.17, 15) is 8.42 Å². The molecule has 0 fully saturated rings. The van der Waals surface area contributed by atoms with Gasteiger partial charge in [-0.05, 0) is 25.1 Å². The Hall–Kier alpha value is -2.12. The molecule has 0 atom stereocenters. The van der Waals surface area contributed by atoms with Crippen LogP contribution >= 0.6 is 11.6 Å². The number of aryl methyl sites for hydroxylation is 2. The molecule has 0 radical (unpaired) electrons. The Balaban J connectivity index is 2.08. The molecule has 0 aliphatic carbocycles. The lowest BCUT2D eigenvalue weighted by Gasteiger charge is -2.05. The molecule has 2 heterocycles. The first-order valence-electron chi connectivity index (χ1n) is 6.40. The van der Waals surface area contributed by atoms with Gasteiger partial charge in [0.05, 0.1) is 10.7 Å². The Labute approximate surface area is 132 Å². The maximum Gasteiger partial charge on any atom is 0.284 e. The van der Waals surface area contributed by atoms with E-state index in [1.54, 1.807) is 32.0 Å². The molecular weight excluding hydrogens is 326 g/mol. The molecule has 0 unspecified atom stereocenters. The van der Waals surface area contributed by atoms with Crippen molar-refractivity contribution in [3.8, 4) is 11.5 Å². The number of benzene rings is 1.